The minimum Gasteiger partial charge on any atom is -0.461 e. The summed E-state index contributed by atoms with van der Waals surface area (Å²) in [6.45, 7) is 11.1. The van der Waals surface area contributed by atoms with E-state index in [9.17, 15) is 14.0 Å². The second-order valence-electron chi connectivity index (χ2n) is 7.67. The molecule has 0 saturated carbocycles. The van der Waals surface area contributed by atoms with E-state index in [1.165, 1.54) is 22.8 Å². The van der Waals surface area contributed by atoms with Crippen molar-refractivity contribution in [1.82, 2.24) is 4.57 Å². The van der Waals surface area contributed by atoms with Gasteiger partial charge in [0.05, 0.1) is 12.1 Å². The Kier molecular flexibility index (Phi) is 5.74. The molecule has 0 amide bonds. The van der Waals surface area contributed by atoms with Crippen molar-refractivity contribution in [2.45, 2.75) is 53.6 Å². The Bertz CT molecular complexity index is 830. The maximum absolute atomic E-state index is 14.1. The van der Waals surface area contributed by atoms with E-state index in [0.717, 1.165) is 0 Å². The summed E-state index contributed by atoms with van der Waals surface area (Å²) in [7, 11) is 0. The van der Waals surface area contributed by atoms with Crippen LogP contribution in [0.3, 0.4) is 0 Å². The predicted molar refractivity (Wildman–Crippen MR) is 98.0 cm³/mol. The highest BCUT2D eigenvalue weighted by Crippen LogP contribution is 2.28. The fourth-order valence-corrected chi connectivity index (χ4v) is 2.84. The lowest BCUT2D eigenvalue weighted by Crippen LogP contribution is -2.29. The normalized spacial score (nSPS) is 11.8. The lowest BCUT2D eigenvalue weighted by molar-refractivity contribution is 0.0454. The number of nitrogens with zero attached hydrogens (tertiary/aromatic N) is 1. The van der Waals surface area contributed by atoms with E-state index in [4.69, 9.17) is 9.47 Å². The Morgan fingerprint density at radius 2 is 1.85 bits per heavy atom. The van der Waals surface area contributed by atoms with Crippen LogP contribution >= 0.6 is 0 Å². The van der Waals surface area contributed by atoms with E-state index in [1.54, 1.807) is 27.7 Å². The number of ether oxygens (including phenoxy) is 2. The lowest BCUT2D eigenvalue weighted by atomic mass is 10.0. The summed E-state index contributed by atoms with van der Waals surface area (Å²) >= 11 is 0. The molecule has 0 aliphatic heterocycles. The third-order valence-corrected chi connectivity index (χ3v) is 3.63. The molecule has 0 unspecified atom stereocenters. The minimum absolute atomic E-state index is 0.0340. The first-order valence-electron chi connectivity index (χ1n) is 8.77. The van der Waals surface area contributed by atoms with Crippen LogP contribution < -0.4 is 0 Å². The molecule has 0 radical (unpaired) electrons. The molecule has 2 rings (SSSR count). The van der Waals surface area contributed by atoms with E-state index in [0.29, 0.717) is 22.9 Å². The number of carbonyl (C=O) groups excluding carboxylic acids is 2. The van der Waals surface area contributed by atoms with Gasteiger partial charge < -0.3 is 9.47 Å². The Hall–Kier alpha value is -2.37. The number of rotatable bonds is 4. The fourth-order valence-electron chi connectivity index (χ4n) is 2.84. The highest BCUT2D eigenvalue weighted by atomic mass is 19.1. The molecule has 0 bridgehead atoms. The number of carbonyl (C=O) groups is 2. The quantitative estimate of drug-likeness (QED) is 0.722. The van der Waals surface area contributed by atoms with Crippen LogP contribution in [0.1, 0.15) is 57.6 Å². The number of hydrogen-bond donors (Lipinski definition) is 0. The van der Waals surface area contributed by atoms with Gasteiger partial charge in [0, 0.05) is 5.39 Å². The molecule has 0 saturated heterocycles. The summed E-state index contributed by atoms with van der Waals surface area (Å²) in [6.07, 6.45) is -0.129. The van der Waals surface area contributed by atoms with Crippen molar-refractivity contribution in [1.29, 1.82) is 0 Å². The van der Waals surface area contributed by atoms with Crippen molar-refractivity contribution >= 4 is 23.0 Å². The summed E-state index contributed by atoms with van der Waals surface area (Å²) in [6, 6.07) is 4.19. The predicted octanol–water partition coefficient (Wildman–Crippen LogP) is 4.94. The van der Waals surface area contributed by atoms with Gasteiger partial charge in [-0.1, -0.05) is 13.8 Å². The standard InChI is InChI=1S/C20H26FNO4/c1-7-25-18(23)16-11-14-10-15(21)9-13(8-12(2)3)17(14)22(16)19(24)26-20(4,5)6/h9-12H,7-8H2,1-6H3. The van der Waals surface area contributed by atoms with E-state index < -0.39 is 23.5 Å². The summed E-state index contributed by atoms with van der Waals surface area (Å²) < 4.78 is 25.8. The summed E-state index contributed by atoms with van der Waals surface area (Å²) in [4.78, 5) is 25.2. The lowest BCUT2D eigenvalue weighted by Gasteiger charge is -2.21. The van der Waals surface area contributed by atoms with Crippen LogP contribution in [-0.4, -0.2) is 28.8 Å². The molecule has 0 atom stereocenters. The van der Waals surface area contributed by atoms with Gasteiger partial charge in [-0.15, -0.1) is 0 Å². The Morgan fingerprint density at radius 3 is 2.38 bits per heavy atom. The first-order chi connectivity index (χ1) is 12.0. The average molecular weight is 363 g/mol. The molecule has 0 spiro atoms. The van der Waals surface area contributed by atoms with Crippen molar-refractivity contribution in [2.24, 2.45) is 5.92 Å². The van der Waals surface area contributed by atoms with Gasteiger partial charge in [-0.25, -0.2) is 18.5 Å². The van der Waals surface area contributed by atoms with E-state index in [2.05, 4.69) is 0 Å². The Labute approximate surface area is 153 Å². The van der Waals surface area contributed by atoms with Crippen LogP contribution in [0.15, 0.2) is 18.2 Å². The summed E-state index contributed by atoms with van der Waals surface area (Å²) in [5.41, 5.74) is 0.429. The molecule has 2 aromatic rings. The van der Waals surface area contributed by atoms with Crippen molar-refractivity contribution in [3.63, 3.8) is 0 Å². The van der Waals surface area contributed by atoms with Crippen LogP contribution in [0.4, 0.5) is 9.18 Å². The van der Waals surface area contributed by atoms with Gasteiger partial charge >= 0.3 is 12.1 Å². The summed E-state index contributed by atoms with van der Waals surface area (Å²) in [5.74, 6) is -0.816. The van der Waals surface area contributed by atoms with Crippen molar-refractivity contribution in [3.8, 4) is 0 Å². The number of hydrogen-bond acceptors (Lipinski definition) is 4. The van der Waals surface area contributed by atoms with Crippen LogP contribution in [0.2, 0.25) is 0 Å². The van der Waals surface area contributed by atoms with Crippen molar-refractivity contribution in [3.05, 3.63) is 35.3 Å². The molecule has 142 valence electrons. The Morgan fingerprint density at radius 1 is 1.19 bits per heavy atom. The highest BCUT2D eigenvalue weighted by molar-refractivity contribution is 6.02. The van der Waals surface area contributed by atoms with Gasteiger partial charge in [0.1, 0.15) is 17.1 Å². The molecule has 0 fully saturated rings. The van der Waals surface area contributed by atoms with E-state index in [-0.39, 0.29) is 18.2 Å². The topological polar surface area (TPSA) is 57.5 Å². The van der Waals surface area contributed by atoms with Crippen LogP contribution in [0.25, 0.3) is 10.9 Å². The molecule has 1 heterocycles. The molecule has 5 nitrogen and oxygen atoms in total. The minimum atomic E-state index is -0.738. The van der Waals surface area contributed by atoms with Gasteiger partial charge in [0.15, 0.2) is 0 Å². The van der Waals surface area contributed by atoms with Crippen LogP contribution in [-0.2, 0) is 15.9 Å². The van der Waals surface area contributed by atoms with E-state index >= 15 is 0 Å². The first-order valence-corrected chi connectivity index (χ1v) is 8.77. The molecular formula is C20H26FNO4. The number of aromatic nitrogens is 1. The van der Waals surface area contributed by atoms with Gasteiger partial charge in [0.2, 0.25) is 0 Å². The molecule has 1 aromatic carbocycles. The zero-order valence-corrected chi connectivity index (χ0v) is 16.2. The maximum Gasteiger partial charge on any atom is 0.419 e. The van der Waals surface area contributed by atoms with Gasteiger partial charge in [-0.3, -0.25) is 0 Å². The Balaban J connectivity index is 2.75. The smallest absolute Gasteiger partial charge is 0.419 e. The third-order valence-electron chi connectivity index (χ3n) is 3.63. The molecule has 1 aromatic heterocycles. The molecule has 26 heavy (non-hydrogen) atoms. The monoisotopic (exact) mass is 363 g/mol. The number of benzene rings is 1. The molecule has 0 N–H and O–H groups in total. The SMILES string of the molecule is CCOC(=O)c1cc2cc(F)cc(CC(C)C)c2n1C(=O)OC(C)(C)C. The second-order valence-corrected chi connectivity index (χ2v) is 7.67. The number of fused-ring (bicyclic) bond motifs is 1. The van der Waals surface area contributed by atoms with Gasteiger partial charge in [0.25, 0.3) is 0 Å². The maximum atomic E-state index is 14.1. The van der Waals surface area contributed by atoms with Gasteiger partial charge in [-0.2, -0.15) is 0 Å². The second kappa shape index (κ2) is 7.48. The summed E-state index contributed by atoms with van der Waals surface area (Å²) in [5, 5.41) is 0.467. The number of halogens is 1. The van der Waals surface area contributed by atoms with E-state index in [1.807, 2.05) is 13.8 Å². The zero-order chi connectivity index (χ0) is 19.6. The van der Waals surface area contributed by atoms with Crippen molar-refractivity contribution < 1.29 is 23.5 Å². The number of esters is 1. The van der Waals surface area contributed by atoms with Crippen LogP contribution in [0, 0.1) is 11.7 Å². The fraction of sp³-hybridized carbons (Fsp3) is 0.500. The van der Waals surface area contributed by atoms with Gasteiger partial charge in [-0.05, 0) is 63.8 Å². The van der Waals surface area contributed by atoms with Crippen LogP contribution in [0.5, 0.6) is 0 Å². The van der Waals surface area contributed by atoms with Crippen molar-refractivity contribution in [2.75, 3.05) is 6.61 Å². The molecule has 6 heteroatoms. The molecular weight excluding hydrogens is 337 g/mol. The third kappa shape index (κ3) is 4.42. The highest BCUT2D eigenvalue weighted by Gasteiger charge is 2.27. The molecule has 0 aliphatic rings. The first kappa shape index (κ1) is 19.9. The largest absolute Gasteiger partial charge is 0.461 e. The zero-order valence-electron chi connectivity index (χ0n) is 16.2. The average Bonchev–Trinajstić information content (AvgIpc) is 2.84. The molecule has 0 aliphatic carbocycles.